The smallest absolute Gasteiger partial charge is 0.404 e. The van der Waals surface area contributed by atoms with Crippen molar-refractivity contribution in [2.24, 2.45) is 11.1 Å². The second kappa shape index (κ2) is 7.11. The van der Waals surface area contributed by atoms with E-state index < -0.39 is 12.2 Å². The van der Waals surface area contributed by atoms with Gasteiger partial charge >= 0.3 is 6.09 Å². The van der Waals surface area contributed by atoms with Crippen molar-refractivity contribution < 1.29 is 15.6 Å². The third-order valence-electron chi connectivity index (χ3n) is 3.30. The molecule has 0 saturated carbocycles. The topological polar surface area (TPSA) is 91.4 Å². The van der Waals surface area contributed by atoms with Crippen LogP contribution < -0.4 is 11.1 Å². The molecule has 124 valence electrons. The second-order valence-electron chi connectivity index (χ2n) is 6.76. The Balaban J connectivity index is 1.91. The minimum absolute atomic E-state index is 0.0107. The van der Waals surface area contributed by atoms with Crippen molar-refractivity contribution in [3.63, 3.8) is 0 Å². The molecule has 1 aromatic rings. The maximum atomic E-state index is 11.0. The lowest BCUT2D eigenvalue weighted by atomic mass is 9.89. The van der Waals surface area contributed by atoms with Crippen LogP contribution >= 0.6 is 0 Å². The summed E-state index contributed by atoms with van der Waals surface area (Å²) in [5, 5.41) is 7.64. The maximum Gasteiger partial charge on any atom is 0.404 e. The monoisotopic (exact) mass is 311 g/mol. The molecule has 0 spiro atoms. The Morgan fingerprint density at radius 2 is 2.41 bits per heavy atom. The standard InChI is InChI=1S/C15H26N4O3/c1-15(2,3)7-13(22-14(16)20)10-21-9-11-6-12-8-17-4-5-19(12)18-11/h6,13,17H,4-5,7-10H2,1-3H3,(H2,16,20)/t13-/m0/s1/i6D. The van der Waals surface area contributed by atoms with Gasteiger partial charge in [-0.2, -0.15) is 5.10 Å². The molecular formula is C15H26N4O3. The lowest BCUT2D eigenvalue weighted by Crippen LogP contribution is -2.30. The van der Waals surface area contributed by atoms with Gasteiger partial charge < -0.3 is 20.5 Å². The minimum Gasteiger partial charge on any atom is -0.444 e. The molecule has 22 heavy (non-hydrogen) atoms. The quantitative estimate of drug-likeness (QED) is 0.828. The Kier molecular flexibility index (Phi) is 4.94. The van der Waals surface area contributed by atoms with Crippen molar-refractivity contribution in [2.45, 2.75) is 53.0 Å². The number of carbonyl (C=O) groups excluding carboxylic acids is 1. The van der Waals surface area contributed by atoms with Crippen LogP contribution in [-0.4, -0.2) is 35.1 Å². The number of carbonyl (C=O) groups is 1. The van der Waals surface area contributed by atoms with E-state index >= 15 is 0 Å². The number of hydrogen-bond acceptors (Lipinski definition) is 5. The number of ether oxygens (including phenoxy) is 2. The molecule has 0 unspecified atom stereocenters. The molecule has 1 aliphatic heterocycles. The first kappa shape index (κ1) is 15.3. The van der Waals surface area contributed by atoms with Gasteiger partial charge in [0.1, 0.15) is 6.10 Å². The summed E-state index contributed by atoms with van der Waals surface area (Å²) in [6.07, 6.45) is -0.555. The first-order chi connectivity index (χ1) is 10.8. The van der Waals surface area contributed by atoms with E-state index in [2.05, 4.69) is 31.2 Å². The van der Waals surface area contributed by atoms with Crippen LogP contribution in [0.4, 0.5) is 4.79 Å². The van der Waals surface area contributed by atoms with Crippen LogP contribution in [0.2, 0.25) is 0 Å². The summed E-state index contributed by atoms with van der Waals surface area (Å²) < 4.78 is 20.7. The van der Waals surface area contributed by atoms with E-state index in [1.807, 2.05) is 4.68 Å². The number of amides is 1. The van der Waals surface area contributed by atoms with Crippen molar-refractivity contribution >= 4 is 6.09 Å². The van der Waals surface area contributed by atoms with Gasteiger partial charge in [-0.3, -0.25) is 4.68 Å². The molecule has 3 N–H and O–H groups in total. The molecule has 1 atom stereocenters. The normalized spacial score (nSPS) is 16.8. The molecule has 1 aliphatic rings. The first-order valence-corrected chi connectivity index (χ1v) is 7.56. The van der Waals surface area contributed by atoms with E-state index in [-0.39, 0.29) is 18.6 Å². The Morgan fingerprint density at radius 3 is 3.05 bits per heavy atom. The van der Waals surface area contributed by atoms with Crippen molar-refractivity contribution in [1.82, 2.24) is 15.1 Å². The van der Waals surface area contributed by atoms with Gasteiger partial charge in [0.15, 0.2) is 0 Å². The molecule has 1 amide bonds. The largest absolute Gasteiger partial charge is 0.444 e. The summed E-state index contributed by atoms with van der Waals surface area (Å²) in [4.78, 5) is 11.0. The van der Waals surface area contributed by atoms with Gasteiger partial charge in [-0.1, -0.05) is 20.8 Å². The van der Waals surface area contributed by atoms with E-state index in [4.69, 9.17) is 16.6 Å². The average molecular weight is 311 g/mol. The fourth-order valence-corrected chi connectivity index (χ4v) is 2.51. The van der Waals surface area contributed by atoms with Crippen LogP contribution in [0.1, 0.15) is 40.0 Å². The highest BCUT2D eigenvalue weighted by atomic mass is 16.6. The van der Waals surface area contributed by atoms with E-state index in [1.54, 1.807) is 0 Å². The summed E-state index contributed by atoms with van der Waals surface area (Å²) in [7, 11) is 0. The number of primary amides is 1. The van der Waals surface area contributed by atoms with Crippen LogP contribution in [0.15, 0.2) is 6.04 Å². The number of hydrogen-bond donors (Lipinski definition) is 2. The van der Waals surface area contributed by atoms with E-state index in [1.165, 1.54) is 0 Å². The Labute approximate surface area is 132 Å². The summed E-state index contributed by atoms with van der Waals surface area (Å²) in [6.45, 7) is 8.91. The SMILES string of the molecule is [2H]c1c(COC[C@H](CC(C)(C)C)OC(N)=O)nn2c1CNCC2. The molecule has 7 heteroatoms. The molecule has 0 fully saturated rings. The van der Waals surface area contributed by atoms with E-state index in [0.29, 0.717) is 24.7 Å². The van der Waals surface area contributed by atoms with Crippen LogP contribution in [0, 0.1) is 5.41 Å². The number of nitrogens with zero attached hydrogens (tertiary/aromatic N) is 2. The number of nitrogens with two attached hydrogens (primary N) is 1. The third-order valence-corrected chi connectivity index (χ3v) is 3.30. The molecule has 0 aromatic carbocycles. The molecule has 0 saturated heterocycles. The minimum atomic E-state index is -0.799. The highest BCUT2D eigenvalue weighted by Gasteiger charge is 2.22. The zero-order valence-electron chi connectivity index (χ0n) is 14.5. The predicted molar refractivity (Wildman–Crippen MR) is 82.1 cm³/mol. The first-order valence-electron chi connectivity index (χ1n) is 8.06. The highest BCUT2D eigenvalue weighted by molar-refractivity contribution is 5.64. The number of rotatable bonds is 6. The fourth-order valence-electron chi connectivity index (χ4n) is 2.51. The second-order valence-corrected chi connectivity index (χ2v) is 6.76. The van der Waals surface area contributed by atoms with Crippen molar-refractivity contribution in [1.29, 1.82) is 0 Å². The maximum absolute atomic E-state index is 11.0. The Hall–Kier alpha value is -1.60. The van der Waals surface area contributed by atoms with Crippen LogP contribution in [0.5, 0.6) is 0 Å². The van der Waals surface area contributed by atoms with Gasteiger partial charge in [-0.15, -0.1) is 0 Å². The molecule has 7 nitrogen and oxygen atoms in total. The molecule has 2 rings (SSSR count). The van der Waals surface area contributed by atoms with E-state index in [9.17, 15) is 4.79 Å². The molecular weight excluding hydrogens is 284 g/mol. The van der Waals surface area contributed by atoms with Crippen LogP contribution in [0.3, 0.4) is 0 Å². The van der Waals surface area contributed by atoms with Gasteiger partial charge in [-0.05, 0) is 17.9 Å². The van der Waals surface area contributed by atoms with E-state index in [0.717, 1.165) is 18.8 Å². The van der Waals surface area contributed by atoms with Gasteiger partial charge in [0.25, 0.3) is 0 Å². The third kappa shape index (κ3) is 5.31. The summed E-state index contributed by atoms with van der Waals surface area (Å²) in [6, 6.07) is 0.417. The van der Waals surface area contributed by atoms with Gasteiger partial charge in [0, 0.05) is 13.1 Å². The summed E-state index contributed by atoms with van der Waals surface area (Å²) in [5.41, 5.74) is 6.60. The number of nitrogens with one attached hydrogen (secondary N) is 1. The van der Waals surface area contributed by atoms with Gasteiger partial charge in [0.2, 0.25) is 0 Å². The van der Waals surface area contributed by atoms with Crippen molar-refractivity contribution in [3.05, 3.63) is 17.4 Å². The van der Waals surface area contributed by atoms with Gasteiger partial charge in [-0.25, -0.2) is 4.79 Å². The Bertz CT molecular complexity index is 554. The lowest BCUT2D eigenvalue weighted by molar-refractivity contribution is -0.00165. The van der Waals surface area contributed by atoms with Crippen LogP contribution in [-0.2, 0) is 29.2 Å². The predicted octanol–water partition coefficient (Wildman–Crippen LogP) is 1.40. The summed E-state index contributed by atoms with van der Waals surface area (Å²) >= 11 is 0. The van der Waals surface area contributed by atoms with Gasteiger partial charge in [0.05, 0.1) is 32.5 Å². The summed E-state index contributed by atoms with van der Waals surface area (Å²) in [5.74, 6) is 0. The molecule has 0 radical (unpaired) electrons. The molecule has 1 aromatic heterocycles. The zero-order chi connectivity index (χ0) is 17.0. The molecule has 0 aliphatic carbocycles. The van der Waals surface area contributed by atoms with Crippen molar-refractivity contribution in [2.75, 3.05) is 13.2 Å². The fraction of sp³-hybridized carbons (Fsp3) is 0.733. The Morgan fingerprint density at radius 1 is 1.64 bits per heavy atom. The average Bonchev–Trinajstić information content (AvgIpc) is 2.74. The lowest BCUT2D eigenvalue weighted by Gasteiger charge is -2.25. The molecule has 0 bridgehead atoms. The highest BCUT2D eigenvalue weighted by Crippen LogP contribution is 2.22. The number of fused-ring (bicyclic) bond motifs is 1. The molecule has 2 heterocycles. The zero-order valence-corrected chi connectivity index (χ0v) is 13.5. The number of aromatic nitrogens is 2. The van der Waals surface area contributed by atoms with Crippen LogP contribution in [0.25, 0.3) is 0 Å². The van der Waals surface area contributed by atoms with Crippen molar-refractivity contribution in [3.8, 4) is 0 Å².